The van der Waals surface area contributed by atoms with E-state index in [0.29, 0.717) is 0 Å². The lowest BCUT2D eigenvalue weighted by atomic mass is 9.86. The molecular formula is C37H24N2O. The molecule has 1 aliphatic carbocycles. The molecule has 0 bridgehead atoms. The van der Waals surface area contributed by atoms with Crippen molar-refractivity contribution in [3.05, 3.63) is 149 Å². The molecule has 0 aliphatic heterocycles. The van der Waals surface area contributed by atoms with E-state index in [9.17, 15) is 4.79 Å². The molecule has 0 N–H and O–H groups in total. The van der Waals surface area contributed by atoms with Gasteiger partial charge in [0.15, 0.2) is 0 Å². The molecule has 3 aromatic heterocycles. The molecule has 9 rings (SSSR count). The lowest BCUT2D eigenvalue weighted by Crippen LogP contribution is -2.13. The highest BCUT2D eigenvalue weighted by molar-refractivity contribution is 6.20. The molecule has 1 unspecified atom stereocenters. The van der Waals surface area contributed by atoms with E-state index in [1.165, 1.54) is 38.4 Å². The molecule has 188 valence electrons. The Bertz CT molecular complexity index is 2360. The van der Waals surface area contributed by atoms with Crippen LogP contribution in [0.5, 0.6) is 0 Å². The zero-order valence-electron chi connectivity index (χ0n) is 21.7. The minimum Gasteiger partial charge on any atom is -0.306 e. The molecule has 1 aliphatic rings. The molecule has 0 spiro atoms. The van der Waals surface area contributed by atoms with Gasteiger partial charge in [-0.2, -0.15) is 0 Å². The van der Waals surface area contributed by atoms with Crippen molar-refractivity contribution >= 4 is 49.7 Å². The van der Waals surface area contributed by atoms with E-state index in [4.69, 9.17) is 0 Å². The topological polar surface area (TPSA) is 25.9 Å². The van der Waals surface area contributed by atoms with Gasteiger partial charge in [-0.05, 0) is 59.0 Å². The largest absolute Gasteiger partial charge is 0.306 e. The van der Waals surface area contributed by atoms with Crippen LogP contribution >= 0.6 is 0 Å². The summed E-state index contributed by atoms with van der Waals surface area (Å²) in [6, 6.07) is 40.5. The van der Waals surface area contributed by atoms with Crippen LogP contribution in [0.15, 0.2) is 126 Å². The maximum Gasteiger partial charge on any atom is 0.265 e. The quantitative estimate of drug-likeness (QED) is 0.228. The lowest BCUT2D eigenvalue weighted by Gasteiger charge is -2.18. The second-order valence-electron chi connectivity index (χ2n) is 10.9. The van der Waals surface area contributed by atoms with Gasteiger partial charge >= 0.3 is 0 Å². The van der Waals surface area contributed by atoms with Crippen LogP contribution in [0.25, 0.3) is 60.8 Å². The Balaban J connectivity index is 1.45. The van der Waals surface area contributed by atoms with Crippen LogP contribution in [0.4, 0.5) is 0 Å². The normalized spacial score (nSPS) is 15.2. The fourth-order valence-corrected chi connectivity index (χ4v) is 7.01. The Morgan fingerprint density at radius 2 is 1.27 bits per heavy atom. The monoisotopic (exact) mass is 512 g/mol. The van der Waals surface area contributed by atoms with Crippen molar-refractivity contribution in [3.8, 4) is 11.1 Å². The van der Waals surface area contributed by atoms with E-state index in [-0.39, 0.29) is 11.5 Å². The van der Waals surface area contributed by atoms with E-state index in [0.717, 1.165) is 39.6 Å². The summed E-state index contributed by atoms with van der Waals surface area (Å²) in [5.74, 6) is 0.285. The van der Waals surface area contributed by atoms with Crippen LogP contribution in [0.3, 0.4) is 0 Å². The lowest BCUT2D eigenvalue weighted by molar-refractivity contribution is 0.826. The molecule has 3 heterocycles. The van der Waals surface area contributed by atoms with Crippen LogP contribution in [0.1, 0.15) is 22.7 Å². The van der Waals surface area contributed by atoms with E-state index in [1.807, 2.05) is 22.6 Å². The van der Waals surface area contributed by atoms with Crippen molar-refractivity contribution in [2.75, 3.05) is 0 Å². The number of hydrogen-bond donors (Lipinski definition) is 0. The Labute approximate surface area is 230 Å². The third-order valence-corrected chi connectivity index (χ3v) is 8.83. The number of hydrogen-bond acceptors (Lipinski definition) is 1. The van der Waals surface area contributed by atoms with E-state index < -0.39 is 0 Å². The minimum atomic E-state index is 0.0370. The number of aromatic nitrogens is 2. The summed E-state index contributed by atoms with van der Waals surface area (Å²) in [5.41, 5.74) is 10.2. The van der Waals surface area contributed by atoms with Crippen LogP contribution in [0, 0.1) is 0 Å². The number of allylic oxidation sites excluding steroid dienone is 1. The van der Waals surface area contributed by atoms with Gasteiger partial charge in [0, 0.05) is 22.1 Å². The van der Waals surface area contributed by atoms with Crippen molar-refractivity contribution in [1.82, 2.24) is 8.80 Å². The predicted molar refractivity (Wildman–Crippen MR) is 166 cm³/mol. The molecule has 0 fully saturated rings. The summed E-state index contributed by atoms with van der Waals surface area (Å²) in [4.78, 5) is 14.3. The Morgan fingerprint density at radius 1 is 0.575 bits per heavy atom. The van der Waals surface area contributed by atoms with Gasteiger partial charge in [0.25, 0.3) is 5.56 Å². The van der Waals surface area contributed by atoms with E-state index >= 15 is 0 Å². The highest BCUT2D eigenvalue weighted by Crippen LogP contribution is 2.42. The summed E-state index contributed by atoms with van der Waals surface area (Å²) >= 11 is 0. The summed E-state index contributed by atoms with van der Waals surface area (Å²) in [6.07, 6.45) is 5.32. The maximum atomic E-state index is 14.3. The van der Waals surface area contributed by atoms with Crippen molar-refractivity contribution in [2.24, 2.45) is 0 Å². The van der Waals surface area contributed by atoms with Gasteiger partial charge in [0.2, 0.25) is 0 Å². The van der Waals surface area contributed by atoms with Crippen LogP contribution in [0.2, 0.25) is 0 Å². The summed E-state index contributed by atoms with van der Waals surface area (Å²) < 4.78 is 4.31. The van der Waals surface area contributed by atoms with Crippen LogP contribution in [-0.2, 0) is 6.42 Å². The molecule has 40 heavy (non-hydrogen) atoms. The second-order valence-corrected chi connectivity index (χ2v) is 10.9. The first-order valence-corrected chi connectivity index (χ1v) is 13.8. The third-order valence-electron chi connectivity index (χ3n) is 8.83. The Hall–Kier alpha value is -5.15. The molecular weight excluding hydrogens is 488 g/mol. The molecule has 8 aromatic rings. The number of benzene rings is 5. The standard InChI is InChI=1S/C37H24N2O/c40-37-29-13-7-8-14-32(29)38-33-19-15-25(23-9-3-1-4-10-23)21-30(33)27-17-18-28-31-22-26(24-11-5-2-6-12-24)16-20-34(31)39(37)36(28)35(27)38/h1-21,26H,22H2. The molecule has 0 amide bonds. The smallest absolute Gasteiger partial charge is 0.265 e. The van der Waals surface area contributed by atoms with Gasteiger partial charge < -0.3 is 4.40 Å². The Kier molecular flexibility index (Phi) is 4.31. The molecule has 3 heteroatoms. The molecule has 3 nitrogen and oxygen atoms in total. The fourth-order valence-electron chi connectivity index (χ4n) is 7.01. The number of rotatable bonds is 2. The average Bonchev–Trinajstić information content (AvgIpc) is 3.50. The summed E-state index contributed by atoms with van der Waals surface area (Å²) in [5, 5.41) is 4.26. The first kappa shape index (κ1) is 21.7. The predicted octanol–water partition coefficient (Wildman–Crippen LogP) is 8.47. The van der Waals surface area contributed by atoms with Gasteiger partial charge in [-0.3, -0.25) is 9.20 Å². The van der Waals surface area contributed by atoms with Crippen LogP contribution < -0.4 is 5.56 Å². The second kappa shape index (κ2) is 7.93. The third kappa shape index (κ3) is 2.81. The molecule has 0 radical (unpaired) electrons. The number of fused-ring (bicyclic) bond motifs is 8. The van der Waals surface area contributed by atoms with Gasteiger partial charge in [0.1, 0.15) is 0 Å². The summed E-state index contributed by atoms with van der Waals surface area (Å²) in [7, 11) is 0. The maximum absolute atomic E-state index is 14.3. The van der Waals surface area contributed by atoms with Crippen molar-refractivity contribution in [3.63, 3.8) is 0 Å². The molecule has 5 aromatic carbocycles. The highest BCUT2D eigenvalue weighted by atomic mass is 16.1. The molecule has 0 saturated heterocycles. The zero-order chi connectivity index (χ0) is 26.4. The SMILES string of the molecule is O=c1c2ccccc2n2c3ccc(-c4ccccc4)cc3c3ccc4c5c(n1c4c32)C=CC(c1ccccc1)C5. The van der Waals surface area contributed by atoms with Crippen molar-refractivity contribution in [1.29, 1.82) is 0 Å². The Morgan fingerprint density at radius 3 is 2.12 bits per heavy atom. The van der Waals surface area contributed by atoms with Crippen LogP contribution in [-0.4, -0.2) is 8.80 Å². The average molecular weight is 513 g/mol. The number of para-hydroxylation sites is 1. The summed E-state index contributed by atoms with van der Waals surface area (Å²) in [6.45, 7) is 0. The van der Waals surface area contributed by atoms with Gasteiger partial charge in [0.05, 0.1) is 33.1 Å². The van der Waals surface area contributed by atoms with Crippen molar-refractivity contribution < 1.29 is 0 Å². The molecule has 1 atom stereocenters. The first-order chi connectivity index (χ1) is 19.8. The molecule has 0 saturated carbocycles. The van der Waals surface area contributed by atoms with Gasteiger partial charge in [-0.15, -0.1) is 0 Å². The van der Waals surface area contributed by atoms with E-state index in [1.54, 1.807) is 0 Å². The van der Waals surface area contributed by atoms with Gasteiger partial charge in [-0.1, -0.05) is 97.1 Å². The van der Waals surface area contributed by atoms with Gasteiger partial charge in [-0.25, -0.2) is 0 Å². The fraction of sp³-hybridized carbons (Fsp3) is 0.0541. The number of nitrogens with zero attached hydrogens (tertiary/aromatic N) is 2. The zero-order valence-corrected chi connectivity index (χ0v) is 21.7. The minimum absolute atomic E-state index is 0.0370. The first-order valence-electron chi connectivity index (χ1n) is 13.8. The highest BCUT2D eigenvalue weighted by Gasteiger charge is 2.27. The van der Waals surface area contributed by atoms with E-state index in [2.05, 4.69) is 114 Å². The van der Waals surface area contributed by atoms with Crippen molar-refractivity contribution in [2.45, 2.75) is 12.3 Å².